The third-order valence-electron chi connectivity index (χ3n) is 5.19. The van der Waals surface area contributed by atoms with Gasteiger partial charge in [0.15, 0.2) is 0 Å². The molecule has 0 amide bonds. The molecule has 1 N–H and O–H groups in total. The lowest BCUT2D eigenvalue weighted by molar-refractivity contribution is 0.0291. The maximum Gasteiger partial charge on any atom is 0.227 e. The number of aryl methyl sites for hydroxylation is 1. The van der Waals surface area contributed by atoms with E-state index in [0.717, 1.165) is 16.9 Å². The van der Waals surface area contributed by atoms with E-state index >= 15 is 0 Å². The van der Waals surface area contributed by atoms with Crippen molar-refractivity contribution in [3.63, 3.8) is 0 Å². The zero-order valence-electron chi connectivity index (χ0n) is 19.4. The summed E-state index contributed by atoms with van der Waals surface area (Å²) < 4.78 is 32.2. The van der Waals surface area contributed by atoms with Gasteiger partial charge >= 0.3 is 0 Å². The van der Waals surface area contributed by atoms with E-state index in [2.05, 4.69) is 4.90 Å². The van der Waals surface area contributed by atoms with Crippen LogP contribution in [-0.4, -0.2) is 66.4 Å². The molecule has 33 heavy (non-hydrogen) atoms. The molecule has 0 radical (unpaired) electrons. The van der Waals surface area contributed by atoms with Gasteiger partial charge in [-0.1, -0.05) is 31.2 Å². The van der Waals surface area contributed by atoms with Gasteiger partial charge in [0.2, 0.25) is 5.88 Å². The van der Waals surface area contributed by atoms with Gasteiger partial charge in [-0.2, -0.15) is 5.10 Å². The summed E-state index contributed by atoms with van der Waals surface area (Å²) in [6.07, 6.45) is 0.0432. The highest BCUT2D eigenvalue weighted by Gasteiger charge is 2.23. The molecule has 0 aliphatic rings. The molecule has 0 saturated carbocycles. The molecule has 0 saturated heterocycles. The average molecular weight is 458 g/mol. The van der Waals surface area contributed by atoms with Crippen LogP contribution in [0.15, 0.2) is 54.6 Å². The Balaban J connectivity index is 2.02. The highest BCUT2D eigenvalue weighted by atomic mass is 19.1. The zero-order valence-corrected chi connectivity index (χ0v) is 19.4. The minimum atomic E-state index is -0.645. The summed E-state index contributed by atoms with van der Waals surface area (Å²) in [5, 5.41) is 15.2. The highest BCUT2D eigenvalue weighted by Crippen LogP contribution is 2.32. The van der Waals surface area contributed by atoms with Crippen molar-refractivity contribution in [1.29, 1.82) is 0 Å². The first-order valence-electron chi connectivity index (χ1n) is 11.0. The van der Waals surface area contributed by atoms with Gasteiger partial charge in [-0.3, -0.25) is 4.90 Å². The smallest absolute Gasteiger partial charge is 0.227 e. The number of rotatable bonds is 13. The number of hydrogen-bond acceptors (Lipinski definition) is 6. The molecule has 0 spiro atoms. The molecule has 1 heterocycles. The van der Waals surface area contributed by atoms with Crippen LogP contribution in [0.3, 0.4) is 0 Å². The molecule has 1 aromatic heterocycles. The second-order valence-corrected chi connectivity index (χ2v) is 7.73. The summed E-state index contributed by atoms with van der Waals surface area (Å²) in [6.45, 7) is 4.26. The minimum Gasteiger partial charge on any atom is -0.438 e. The van der Waals surface area contributed by atoms with Crippen LogP contribution in [0.5, 0.6) is 11.6 Å². The Morgan fingerprint density at radius 2 is 1.88 bits per heavy atom. The predicted octanol–water partition coefficient (Wildman–Crippen LogP) is 3.82. The minimum absolute atomic E-state index is 0.236. The third-order valence-corrected chi connectivity index (χ3v) is 5.19. The molecule has 0 fully saturated rings. The van der Waals surface area contributed by atoms with E-state index in [9.17, 15) is 9.50 Å². The van der Waals surface area contributed by atoms with E-state index in [1.54, 1.807) is 31.0 Å². The molecule has 1 atom stereocenters. The van der Waals surface area contributed by atoms with E-state index < -0.39 is 6.10 Å². The standard InChI is InChI=1S/C25H32FN3O4/c1-4-24-23(17-28(13-14-31-2)16-21(30)18-32-3)25(33-22-12-8-9-19(26)15-22)29(27-24)20-10-6-5-7-11-20/h5-12,15,21,30H,4,13-14,16-18H2,1-3H3/t21-/m1/s1. The van der Waals surface area contributed by atoms with Crippen LogP contribution in [0.4, 0.5) is 4.39 Å². The Morgan fingerprint density at radius 1 is 1.09 bits per heavy atom. The van der Waals surface area contributed by atoms with E-state index in [-0.39, 0.29) is 12.4 Å². The molecule has 178 valence electrons. The Labute approximate surface area is 194 Å². The number of aliphatic hydroxyl groups is 1. The lowest BCUT2D eigenvalue weighted by Gasteiger charge is -2.25. The van der Waals surface area contributed by atoms with E-state index in [4.69, 9.17) is 19.3 Å². The fourth-order valence-electron chi connectivity index (χ4n) is 3.63. The zero-order chi connectivity index (χ0) is 23.6. The SMILES string of the molecule is CCc1nn(-c2ccccc2)c(Oc2cccc(F)c2)c1CN(CCOC)C[C@@H](O)COC. The molecule has 8 heteroatoms. The van der Waals surface area contributed by atoms with Gasteiger partial charge in [0.1, 0.15) is 11.6 Å². The fraction of sp³-hybridized carbons (Fsp3) is 0.400. The van der Waals surface area contributed by atoms with Gasteiger partial charge in [0.05, 0.1) is 36.3 Å². The summed E-state index contributed by atoms with van der Waals surface area (Å²) in [5.74, 6) is 0.533. The lowest BCUT2D eigenvalue weighted by Crippen LogP contribution is -2.36. The second-order valence-electron chi connectivity index (χ2n) is 7.73. The normalized spacial score (nSPS) is 12.3. The number of para-hydroxylation sites is 1. The van der Waals surface area contributed by atoms with Crippen LogP contribution in [0, 0.1) is 5.82 Å². The number of methoxy groups -OCH3 is 2. The number of ether oxygens (including phenoxy) is 3. The summed E-state index contributed by atoms with van der Waals surface area (Å²) >= 11 is 0. The quantitative estimate of drug-likeness (QED) is 0.421. The second kappa shape index (κ2) is 12.5. The monoisotopic (exact) mass is 457 g/mol. The van der Waals surface area contributed by atoms with Gasteiger partial charge < -0.3 is 19.3 Å². The van der Waals surface area contributed by atoms with Crippen molar-refractivity contribution in [2.24, 2.45) is 0 Å². The number of nitrogens with zero attached hydrogens (tertiary/aromatic N) is 3. The Kier molecular flexibility index (Phi) is 9.38. The van der Waals surface area contributed by atoms with Crippen molar-refractivity contribution in [3.8, 4) is 17.3 Å². The number of halogens is 1. The van der Waals surface area contributed by atoms with Crippen LogP contribution in [-0.2, 0) is 22.4 Å². The maximum absolute atomic E-state index is 13.9. The fourth-order valence-corrected chi connectivity index (χ4v) is 3.63. The molecule has 0 aliphatic carbocycles. The van der Waals surface area contributed by atoms with Crippen LogP contribution in [0.25, 0.3) is 5.69 Å². The Hall–Kier alpha value is -2.78. The Morgan fingerprint density at radius 3 is 2.55 bits per heavy atom. The van der Waals surface area contributed by atoms with Crippen LogP contribution in [0.1, 0.15) is 18.2 Å². The molecule has 3 rings (SSSR count). The first kappa shape index (κ1) is 24.9. The number of hydrogen-bond donors (Lipinski definition) is 1. The van der Waals surface area contributed by atoms with Crippen molar-refractivity contribution < 1.29 is 23.7 Å². The molecule has 0 unspecified atom stereocenters. The molecular formula is C25H32FN3O4. The first-order valence-corrected chi connectivity index (χ1v) is 11.0. The predicted molar refractivity (Wildman–Crippen MR) is 124 cm³/mol. The van der Waals surface area contributed by atoms with Crippen LogP contribution < -0.4 is 4.74 Å². The molecule has 7 nitrogen and oxygen atoms in total. The summed E-state index contributed by atoms with van der Waals surface area (Å²) in [6, 6.07) is 15.7. The largest absolute Gasteiger partial charge is 0.438 e. The van der Waals surface area contributed by atoms with E-state index in [1.165, 1.54) is 12.1 Å². The summed E-state index contributed by atoms with van der Waals surface area (Å²) in [4.78, 5) is 2.08. The number of aliphatic hydroxyl groups excluding tert-OH is 1. The molecule has 2 aromatic carbocycles. The lowest BCUT2D eigenvalue weighted by atomic mass is 10.1. The van der Waals surface area contributed by atoms with Crippen molar-refractivity contribution in [1.82, 2.24) is 14.7 Å². The highest BCUT2D eigenvalue weighted by molar-refractivity contribution is 5.43. The van der Waals surface area contributed by atoms with Gasteiger partial charge in [-0.25, -0.2) is 9.07 Å². The number of benzene rings is 2. The van der Waals surface area contributed by atoms with Crippen molar-refractivity contribution in [2.45, 2.75) is 26.0 Å². The third kappa shape index (κ3) is 6.85. The van der Waals surface area contributed by atoms with Gasteiger partial charge in [0.25, 0.3) is 0 Å². The Bertz CT molecular complexity index is 997. The van der Waals surface area contributed by atoms with Crippen LogP contribution >= 0.6 is 0 Å². The van der Waals surface area contributed by atoms with Crippen molar-refractivity contribution >= 4 is 0 Å². The first-order chi connectivity index (χ1) is 16.0. The van der Waals surface area contributed by atoms with Crippen LogP contribution in [0.2, 0.25) is 0 Å². The summed E-state index contributed by atoms with van der Waals surface area (Å²) in [5.41, 5.74) is 2.59. The average Bonchev–Trinajstić information content (AvgIpc) is 3.15. The molecule has 3 aromatic rings. The van der Waals surface area contributed by atoms with E-state index in [0.29, 0.717) is 44.3 Å². The number of aromatic nitrogens is 2. The van der Waals surface area contributed by atoms with Gasteiger partial charge in [-0.05, 0) is 30.7 Å². The van der Waals surface area contributed by atoms with Gasteiger partial charge in [-0.15, -0.1) is 0 Å². The van der Waals surface area contributed by atoms with Gasteiger partial charge in [0, 0.05) is 39.9 Å². The molecule has 0 bridgehead atoms. The molecule has 0 aliphatic heterocycles. The topological polar surface area (TPSA) is 69.0 Å². The van der Waals surface area contributed by atoms with Crippen molar-refractivity contribution in [3.05, 3.63) is 71.7 Å². The van der Waals surface area contributed by atoms with Crippen molar-refractivity contribution in [2.75, 3.05) is 40.5 Å². The van der Waals surface area contributed by atoms with E-state index in [1.807, 2.05) is 37.3 Å². The molecular weight excluding hydrogens is 425 g/mol. The summed E-state index contributed by atoms with van der Waals surface area (Å²) in [7, 11) is 3.21. The maximum atomic E-state index is 13.9.